The molecule has 1 aliphatic heterocycles. The van der Waals surface area contributed by atoms with E-state index in [2.05, 4.69) is 53.5 Å². The van der Waals surface area contributed by atoms with E-state index in [1.165, 1.54) is 16.2 Å². The smallest absolute Gasteiger partial charge is 0.230 e. The first kappa shape index (κ1) is 20.3. The second kappa shape index (κ2) is 9.60. The summed E-state index contributed by atoms with van der Waals surface area (Å²) < 4.78 is 0. The van der Waals surface area contributed by atoms with E-state index < -0.39 is 0 Å². The minimum atomic E-state index is 0. The van der Waals surface area contributed by atoms with Crippen LogP contribution in [-0.2, 0) is 4.79 Å². The van der Waals surface area contributed by atoms with Gasteiger partial charge in [0.15, 0.2) is 0 Å². The number of rotatable bonds is 5. The highest BCUT2D eigenvalue weighted by Gasteiger charge is 2.20. The van der Waals surface area contributed by atoms with Crippen molar-refractivity contribution in [3.63, 3.8) is 0 Å². The molecule has 26 heavy (non-hydrogen) atoms. The number of carbonyl (C=O) groups excluding carboxylic acids is 1. The number of carbonyl (C=O) groups is 1. The summed E-state index contributed by atoms with van der Waals surface area (Å²) >= 11 is 0. The number of benzene rings is 2. The Bertz CT molecular complexity index is 712. The molecule has 0 radical (unpaired) electrons. The van der Waals surface area contributed by atoms with Crippen molar-refractivity contribution >= 4 is 17.3 Å². The average Bonchev–Trinajstić information content (AvgIpc) is 2.63. The lowest BCUT2D eigenvalue weighted by molar-refractivity contribution is -0.900. The predicted molar refractivity (Wildman–Crippen MR) is 103 cm³/mol. The Morgan fingerprint density at radius 1 is 1.08 bits per heavy atom. The van der Waals surface area contributed by atoms with Gasteiger partial charge in [-0.25, -0.2) is 0 Å². The summed E-state index contributed by atoms with van der Waals surface area (Å²) in [5.41, 5.74) is 4.57. The van der Waals surface area contributed by atoms with Gasteiger partial charge in [-0.1, -0.05) is 35.9 Å². The number of aryl methyl sites for hydroxylation is 2. The molecule has 0 spiro atoms. The molecule has 140 valence electrons. The molecule has 2 aromatic carbocycles. The molecule has 1 fully saturated rings. The van der Waals surface area contributed by atoms with Gasteiger partial charge in [0, 0.05) is 11.4 Å². The van der Waals surface area contributed by atoms with E-state index >= 15 is 0 Å². The first-order valence-electron chi connectivity index (χ1n) is 9.12. The van der Waals surface area contributed by atoms with Gasteiger partial charge in [-0.15, -0.1) is 0 Å². The first-order valence-corrected chi connectivity index (χ1v) is 9.12. The number of amides is 1. The molecule has 0 atom stereocenters. The van der Waals surface area contributed by atoms with Crippen LogP contribution in [-0.4, -0.2) is 38.6 Å². The molecule has 0 aromatic heterocycles. The fourth-order valence-electron chi connectivity index (χ4n) is 3.43. The van der Waals surface area contributed by atoms with Crippen LogP contribution in [0.4, 0.5) is 11.4 Å². The molecule has 1 saturated heterocycles. The summed E-state index contributed by atoms with van der Waals surface area (Å²) in [6, 6.07) is 16.7. The van der Waals surface area contributed by atoms with Crippen LogP contribution in [0.1, 0.15) is 17.5 Å². The third kappa shape index (κ3) is 5.48. The summed E-state index contributed by atoms with van der Waals surface area (Å²) in [5.74, 6) is 0.116. The van der Waals surface area contributed by atoms with Gasteiger partial charge in [0.2, 0.25) is 5.91 Å². The summed E-state index contributed by atoms with van der Waals surface area (Å²) in [6.45, 7) is 9.29. The number of nitrogens with one attached hydrogen (secondary N) is 2. The van der Waals surface area contributed by atoms with Crippen LogP contribution in [0.15, 0.2) is 48.5 Å². The molecule has 3 rings (SSSR count). The lowest BCUT2D eigenvalue weighted by atomic mass is 10.1. The van der Waals surface area contributed by atoms with Crippen LogP contribution in [0.2, 0.25) is 0 Å². The summed E-state index contributed by atoms with van der Waals surface area (Å²) in [6.07, 6.45) is 0.577. The second-order valence-electron chi connectivity index (χ2n) is 6.94. The number of quaternary nitrogens is 1. The standard InChI is InChI=1S/C21H27N3O.ClH/c1-17-8-9-20(18(2)16-17)22-21(25)10-11-23-12-14-24(15-13-23)19-6-4-3-5-7-19;/h3-9,16H,10-15H2,1-2H3,(H,22,25);1H. The molecule has 2 N–H and O–H groups in total. The van der Waals surface area contributed by atoms with E-state index in [0.29, 0.717) is 6.42 Å². The van der Waals surface area contributed by atoms with Gasteiger partial charge >= 0.3 is 0 Å². The number of hydrogen-bond acceptors (Lipinski definition) is 2. The van der Waals surface area contributed by atoms with Crippen LogP contribution in [0.25, 0.3) is 0 Å². The van der Waals surface area contributed by atoms with Crippen LogP contribution >= 0.6 is 0 Å². The molecule has 4 nitrogen and oxygen atoms in total. The first-order chi connectivity index (χ1) is 12.1. The number of anilines is 2. The maximum absolute atomic E-state index is 12.2. The van der Waals surface area contributed by atoms with Crippen molar-refractivity contribution in [1.82, 2.24) is 0 Å². The topological polar surface area (TPSA) is 36.8 Å². The highest BCUT2D eigenvalue weighted by molar-refractivity contribution is 5.91. The zero-order valence-corrected chi connectivity index (χ0v) is 16.4. The quantitative estimate of drug-likeness (QED) is 0.708. The highest BCUT2D eigenvalue weighted by atomic mass is 35.5. The molecule has 1 heterocycles. The number of piperazine rings is 1. The molecule has 0 unspecified atom stereocenters. The number of nitrogens with zero attached hydrogens (tertiary/aromatic N) is 1. The van der Waals surface area contributed by atoms with Crippen LogP contribution in [0.3, 0.4) is 0 Å². The monoisotopic (exact) mass is 373 g/mol. The van der Waals surface area contributed by atoms with E-state index in [1.807, 2.05) is 19.1 Å². The number of hydrogen-bond donors (Lipinski definition) is 2. The van der Waals surface area contributed by atoms with Crippen molar-refractivity contribution in [3.05, 3.63) is 59.7 Å². The van der Waals surface area contributed by atoms with Crippen LogP contribution < -0.4 is 27.5 Å². The zero-order chi connectivity index (χ0) is 17.6. The van der Waals surface area contributed by atoms with Gasteiger partial charge in [-0.05, 0) is 37.6 Å². The van der Waals surface area contributed by atoms with Crippen molar-refractivity contribution in [2.24, 2.45) is 0 Å². The van der Waals surface area contributed by atoms with E-state index in [0.717, 1.165) is 44.0 Å². The Labute approximate surface area is 162 Å². The molecule has 0 bridgehead atoms. The largest absolute Gasteiger partial charge is 1.00 e. The Kier molecular flexibility index (Phi) is 7.49. The van der Waals surface area contributed by atoms with Crippen molar-refractivity contribution in [1.29, 1.82) is 0 Å². The molecule has 5 heteroatoms. The zero-order valence-electron chi connectivity index (χ0n) is 15.6. The summed E-state index contributed by atoms with van der Waals surface area (Å²) in [5, 5.41) is 3.05. The summed E-state index contributed by atoms with van der Waals surface area (Å²) in [4.78, 5) is 16.2. The van der Waals surface area contributed by atoms with Gasteiger partial charge < -0.3 is 27.5 Å². The highest BCUT2D eigenvalue weighted by Crippen LogP contribution is 2.16. The van der Waals surface area contributed by atoms with Gasteiger partial charge in [-0.3, -0.25) is 4.79 Å². The van der Waals surface area contributed by atoms with Crippen molar-refractivity contribution < 1.29 is 22.1 Å². The molecule has 1 amide bonds. The van der Waals surface area contributed by atoms with Gasteiger partial charge in [0.1, 0.15) is 0 Å². The van der Waals surface area contributed by atoms with E-state index in [4.69, 9.17) is 0 Å². The van der Waals surface area contributed by atoms with Gasteiger partial charge in [0.05, 0.1) is 39.1 Å². The lowest BCUT2D eigenvalue weighted by Gasteiger charge is -2.33. The Morgan fingerprint density at radius 3 is 2.42 bits per heavy atom. The Hall–Kier alpha value is -2.04. The number of halogens is 1. The van der Waals surface area contributed by atoms with E-state index in [-0.39, 0.29) is 18.3 Å². The predicted octanol–water partition coefficient (Wildman–Crippen LogP) is -0.959. The van der Waals surface area contributed by atoms with Crippen molar-refractivity contribution in [2.45, 2.75) is 20.3 Å². The van der Waals surface area contributed by atoms with E-state index in [9.17, 15) is 4.79 Å². The minimum Gasteiger partial charge on any atom is -1.00 e. The van der Waals surface area contributed by atoms with Gasteiger partial charge in [0.25, 0.3) is 0 Å². The fraction of sp³-hybridized carbons (Fsp3) is 0.381. The minimum absolute atomic E-state index is 0. The van der Waals surface area contributed by atoms with Gasteiger partial charge in [-0.2, -0.15) is 0 Å². The SMILES string of the molecule is Cc1ccc(NC(=O)CC[NH+]2CCN(c3ccccc3)CC2)c(C)c1.[Cl-]. The molecule has 2 aromatic rings. The molecule has 1 aliphatic rings. The van der Waals surface area contributed by atoms with Crippen LogP contribution in [0, 0.1) is 13.8 Å². The Morgan fingerprint density at radius 2 is 1.77 bits per heavy atom. The van der Waals surface area contributed by atoms with Crippen molar-refractivity contribution in [2.75, 3.05) is 42.9 Å². The molecule has 0 saturated carbocycles. The molecular formula is C21H28ClN3O. The number of para-hydroxylation sites is 1. The average molecular weight is 374 g/mol. The Balaban J connectivity index is 0.00000243. The van der Waals surface area contributed by atoms with Crippen LogP contribution in [0.5, 0.6) is 0 Å². The second-order valence-corrected chi connectivity index (χ2v) is 6.94. The third-order valence-corrected chi connectivity index (χ3v) is 4.95. The molecule has 0 aliphatic carbocycles. The summed E-state index contributed by atoms with van der Waals surface area (Å²) in [7, 11) is 0. The van der Waals surface area contributed by atoms with Crippen molar-refractivity contribution in [3.8, 4) is 0 Å². The third-order valence-electron chi connectivity index (χ3n) is 4.95. The van der Waals surface area contributed by atoms with E-state index in [1.54, 1.807) is 0 Å². The lowest BCUT2D eigenvalue weighted by Crippen LogP contribution is -3.15. The molecular weight excluding hydrogens is 346 g/mol. The maximum atomic E-state index is 12.2. The normalized spacial score (nSPS) is 14.6. The maximum Gasteiger partial charge on any atom is 0.230 e. The fourth-order valence-corrected chi connectivity index (χ4v) is 3.43.